The summed E-state index contributed by atoms with van der Waals surface area (Å²) in [5.74, 6) is 1.76. The Hall–Kier alpha value is -3.32. The Labute approximate surface area is 241 Å². The molecule has 1 N–H and O–H groups in total. The number of benzene rings is 2. The summed E-state index contributed by atoms with van der Waals surface area (Å²) >= 11 is 0. The molecule has 214 valence electrons. The van der Waals surface area contributed by atoms with Crippen LogP contribution in [0.1, 0.15) is 78.3 Å². The number of fused-ring (bicyclic) bond motifs is 9. The van der Waals surface area contributed by atoms with E-state index in [-0.39, 0.29) is 11.8 Å². The van der Waals surface area contributed by atoms with Crippen LogP contribution in [0.4, 0.5) is 0 Å². The lowest BCUT2D eigenvalue weighted by Crippen LogP contribution is -2.50. The van der Waals surface area contributed by atoms with Gasteiger partial charge in [-0.05, 0) is 80.1 Å². The van der Waals surface area contributed by atoms with Gasteiger partial charge in [0.15, 0.2) is 0 Å². The number of aromatic nitrogens is 1. The second kappa shape index (κ2) is 9.09. The van der Waals surface area contributed by atoms with Crippen molar-refractivity contribution in [2.75, 3.05) is 34.3 Å². The fraction of sp³-hybridized carbons (Fsp3) is 0.529. The summed E-state index contributed by atoms with van der Waals surface area (Å²) in [7, 11) is 5.60. The molecule has 4 heterocycles. The molecule has 2 saturated carbocycles. The molecule has 3 aromatic rings. The molecule has 1 aromatic heterocycles. The van der Waals surface area contributed by atoms with Crippen molar-refractivity contribution in [2.45, 2.75) is 75.4 Å². The van der Waals surface area contributed by atoms with E-state index in [2.05, 4.69) is 57.1 Å². The number of likely N-dealkylation sites (tertiary alicyclic amines) is 2. The highest BCUT2D eigenvalue weighted by molar-refractivity contribution is 6.01. The van der Waals surface area contributed by atoms with Crippen LogP contribution in [0.25, 0.3) is 22.2 Å². The third-order valence-electron chi connectivity index (χ3n) is 11.2. The summed E-state index contributed by atoms with van der Waals surface area (Å²) < 4.78 is 8.18. The van der Waals surface area contributed by atoms with Gasteiger partial charge in [-0.15, -0.1) is 0 Å². The fourth-order valence-electron chi connectivity index (χ4n) is 8.97. The number of methoxy groups -OCH3 is 1. The van der Waals surface area contributed by atoms with Gasteiger partial charge in [-0.1, -0.05) is 25.3 Å². The molecular formula is C34H40N4O3. The predicted octanol–water partition coefficient (Wildman–Crippen LogP) is 5.13. The van der Waals surface area contributed by atoms with Crippen LogP contribution in [0, 0.1) is 5.41 Å². The van der Waals surface area contributed by atoms with E-state index in [1.165, 1.54) is 59.9 Å². The topological polar surface area (TPSA) is 66.8 Å². The highest BCUT2D eigenvalue weighted by atomic mass is 16.5. The van der Waals surface area contributed by atoms with E-state index in [1.807, 2.05) is 6.07 Å². The maximum Gasteiger partial charge on any atom is 0.251 e. The van der Waals surface area contributed by atoms with E-state index in [1.54, 1.807) is 14.2 Å². The molecular weight excluding hydrogens is 512 g/mol. The molecule has 41 heavy (non-hydrogen) atoms. The van der Waals surface area contributed by atoms with Crippen molar-refractivity contribution >= 4 is 22.7 Å². The number of likely N-dealkylation sites (N-methyl/N-ethyl adjacent to an activating group) is 1. The van der Waals surface area contributed by atoms with Crippen molar-refractivity contribution in [3.8, 4) is 17.0 Å². The molecule has 0 radical (unpaired) electrons. The Kier molecular flexibility index (Phi) is 5.63. The van der Waals surface area contributed by atoms with Gasteiger partial charge in [-0.3, -0.25) is 14.5 Å². The van der Waals surface area contributed by atoms with Crippen molar-refractivity contribution in [1.82, 2.24) is 19.7 Å². The first kappa shape index (κ1) is 25.4. The van der Waals surface area contributed by atoms with E-state index in [9.17, 15) is 9.59 Å². The first-order valence-corrected chi connectivity index (χ1v) is 15.5. The minimum absolute atomic E-state index is 0.0762. The van der Waals surface area contributed by atoms with Crippen molar-refractivity contribution in [3.63, 3.8) is 0 Å². The van der Waals surface area contributed by atoms with E-state index < -0.39 is 5.41 Å². The summed E-state index contributed by atoms with van der Waals surface area (Å²) in [6.07, 6.45) is 8.12. The van der Waals surface area contributed by atoms with Crippen molar-refractivity contribution < 1.29 is 14.3 Å². The number of amides is 2. The number of ether oxygens (including phenoxy) is 1. The van der Waals surface area contributed by atoms with Gasteiger partial charge in [0.2, 0.25) is 5.91 Å². The van der Waals surface area contributed by atoms with Gasteiger partial charge >= 0.3 is 0 Å². The third-order valence-corrected chi connectivity index (χ3v) is 11.2. The van der Waals surface area contributed by atoms with E-state index in [0.717, 1.165) is 37.2 Å². The highest BCUT2D eigenvalue weighted by Crippen LogP contribution is 2.66. The SMILES string of the molecule is CNC(=O)c1ccc2c(C3CCCCC3)c3n(c2c1)CC1(C(=O)N2CC4CC2CN4C)CC1c1cc(OC)ccc1-3. The Morgan fingerprint density at radius 1 is 1.02 bits per heavy atom. The molecule has 0 spiro atoms. The monoisotopic (exact) mass is 552 g/mol. The molecule has 2 amide bonds. The number of rotatable bonds is 4. The second-order valence-corrected chi connectivity index (χ2v) is 13.3. The van der Waals surface area contributed by atoms with Crippen LogP contribution in [-0.4, -0.2) is 72.6 Å². The molecule has 8 rings (SSSR count). The molecule has 7 heteroatoms. The van der Waals surface area contributed by atoms with Crippen LogP contribution in [0.3, 0.4) is 0 Å². The minimum Gasteiger partial charge on any atom is -0.497 e. The molecule has 4 atom stereocenters. The number of hydrogen-bond acceptors (Lipinski definition) is 4. The zero-order chi connectivity index (χ0) is 28.0. The molecule has 5 aliphatic rings. The Bertz CT molecular complexity index is 1580. The van der Waals surface area contributed by atoms with Crippen LogP contribution in [0.5, 0.6) is 5.75 Å². The lowest BCUT2D eigenvalue weighted by atomic mass is 9.81. The fourth-order valence-corrected chi connectivity index (χ4v) is 8.97. The van der Waals surface area contributed by atoms with E-state index >= 15 is 0 Å². The van der Waals surface area contributed by atoms with Gasteiger partial charge in [0.05, 0.1) is 18.2 Å². The summed E-state index contributed by atoms with van der Waals surface area (Å²) in [4.78, 5) is 32.1. The van der Waals surface area contributed by atoms with E-state index in [4.69, 9.17) is 4.74 Å². The van der Waals surface area contributed by atoms with Gasteiger partial charge < -0.3 is 19.5 Å². The molecule has 7 nitrogen and oxygen atoms in total. The zero-order valence-corrected chi connectivity index (χ0v) is 24.4. The Morgan fingerprint density at radius 2 is 1.85 bits per heavy atom. The number of carbonyl (C=O) groups is 2. The zero-order valence-electron chi connectivity index (χ0n) is 24.4. The van der Waals surface area contributed by atoms with Crippen LogP contribution in [-0.2, 0) is 11.3 Å². The predicted molar refractivity (Wildman–Crippen MR) is 159 cm³/mol. The molecule has 2 bridgehead atoms. The molecule has 2 saturated heterocycles. The highest BCUT2D eigenvalue weighted by Gasteiger charge is 2.65. The van der Waals surface area contributed by atoms with Gasteiger partial charge in [0, 0.05) is 66.7 Å². The van der Waals surface area contributed by atoms with Crippen LogP contribution >= 0.6 is 0 Å². The number of carbonyl (C=O) groups excluding carboxylic acids is 2. The molecule has 3 aliphatic heterocycles. The normalized spacial score (nSPS) is 28.7. The van der Waals surface area contributed by atoms with Gasteiger partial charge in [-0.25, -0.2) is 0 Å². The first-order chi connectivity index (χ1) is 19.9. The average Bonchev–Trinajstić information content (AvgIpc) is 3.25. The summed E-state index contributed by atoms with van der Waals surface area (Å²) in [6.45, 7) is 2.47. The molecule has 2 aliphatic carbocycles. The quantitative estimate of drug-likeness (QED) is 0.488. The maximum absolute atomic E-state index is 14.7. The summed E-state index contributed by atoms with van der Waals surface area (Å²) in [6, 6.07) is 13.5. The number of nitrogens with zero attached hydrogens (tertiary/aromatic N) is 3. The first-order valence-electron chi connectivity index (χ1n) is 15.5. The van der Waals surface area contributed by atoms with Crippen LogP contribution in [0.15, 0.2) is 36.4 Å². The lowest BCUT2D eigenvalue weighted by Gasteiger charge is -2.35. The smallest absolute Gasteiger partial charge is 0.251 e. The minimum atomic E-state index is -0.464. The van der Waals surface area contributed by atoms with Crippen molar-refractivity contribution in [2.24, 2.45) is 5.41 Å². The van der Waals surface area contributed by atoms with Crippen LogP contribution in [0.2, 0.25) is 0 Å². The molecule has 4 fully saturated rings. The maximum atomic E-state index is 14.7. The summed E-state index contributed by atoms with van der Waals surface area (Å²) in [5, 5.41) is 4.05. The second-order valence-electron chi connectivity index (χ2n) is 13.3. The van der Waals surface area contributed by atoms with Gasteiger partial charge in [-0.2, -0.15) is 0 Å². The standard InChI is InChI=1S/C34H40N4O3/c1-35-32(39)21-9-11-26-29(13-21)38-19-34(33(40)37-18-22-14-23(37)17-36(22)2)16-28(34)27-15-24(41-3)10-12-25(27)31(38)30(26)20-7-5-4-6-8-20/h9-13,15,20,22-23,28H,4-8,14,16-19H2,1-3H3,(H,35,39). The molecule has 4 unspecified atom stereocenters. The van der Waals surface area contributed by atoms with Gasteiger partial charge in [0.1, 0.15) is 5.75 Å². The number of hydrogen-bond donors (Lipinski definition) is 1. The largest absolute Gasteiger partial charge is 0.497 e. The Morgan fingerprint density at radius 3 is 2.56 bits per heavy atom. The molecule has 2 aromatic carbocycles. The number of nitrogens with one attached hydrogen (secondary N) is 1. The lowest BCUT2D eigenvalue weighted by molar-refractivity contribution is -0.140. The Balaban J connectivity index is 1.35. The summed E-state index contributed by atoms with van der Waals surface area (Å²) in [5.41, 5.74) is 6.47. The number of piperazine rings is 1. The van der Waals surface area contributed by atoms with Gasteiger partial charge in [0.25, 0.3) is 5.91 Å². The van der Waals surface area contributed by atoms with E-state index in [0.29, 0.717) is 36.0 Å². The van der Waals surface area contributed by atoms with Crippen molar-refractivity contribution in [1.29, 1.82) is 0 Å². The van der Waals surface area contributed by atoms with Crippen LogP contribution < -0.4 is 10.1 Å². The third kappa shape index (κ3) is 3.60. The van der Waals surface area contributed by atoms with Crippen molar-refractivity contribution in [3.05, 3.63) is 53.1 Å². The average molecular weight is 553 g/mol.